The number of hydrogen-bond acceptors (Lipinski definition) is 5. The standard InChI is InChI=1S/C12H21N5O/c1-18-10-11-2-5-16(6-3-11)8-12-9-17(7-4-13)15-14-12/h2,9H,3-8,10,13H2,1H3. The van der Waals surface area contributed by atoms with Crippen molar-refractivity contribution in [2.45, 2.75) is 19.5 Å². The maximum absolute atomic E-state index is 5.48. The first-order valence-corrected chi connectivity index (χ1v) is 6.30. The molecule has 6 heteroatoms. The monoisotopic (exact) mass is 251 g/mol. The van der Waals surface area contributed by atoms with Crippen LogP contribution in [0.25, 0.3) is 0 Å². The Morgan fingerprint density at radius 1 is 1.50 bits per heavy atom. The highest BCUT2D eigenvalue weighted by Crippen LogP contribution is 2.12. The molecule has 0 bridgehead atoms. The van der Waals surface area contributed by atoms with E-state index in [2.05, 4.69) is 21.3 Å². The lowest BCUT2D eigenvalue weighted by atomic mass is 10.1. The maximum atomic E-state index is 5.48. The molecule has 0 aromatic carbocycles. The fraction of sp³-hybridized carbons (Fsp3) is 0.667. The summed E-state index contributed by atoms with van der Waals surface area (Å²) >= 11 is 0. The minimum absolute atomic E-state index is 0.593. The van der Waals surface area contributed by atoms with E-state index in [9.17, 15) is 0 Å². The molecule has 2 rings (SSSR count). The minimum atomic E-state index is 0.593. The molecule has 2 N–H and O–H groups in total. The van der Waals surface area contributed by atoms with Crippen LogP contribution in [0.3, 0.4) is 0 Å². The molecule has 1 aromatic heterocycles. The second-order valence-electron chi connectivity index (χ2n) is 4.54. The highest BCUT2D eigenvalue weighted by atomic mass is 16.5. The molecular weight excluding hydrogens is 230 g/mol. The summed E-state index contributed by atoms with van der Waals surface area (Å²) in [5.74, 6) is 0. The molecule has 1 aliphatic rings. The fourth-order valence-electron chi connectivity index (χ4n) is 2.09. The van der Waals surface area contributed by atoms with Gasteiger partial charge in [0.15, 0.2) is 0 Å². The minimum Gasteiger partial charge on any atom is -0.380 e. The number of rotatable bonds is 6. The molecule has 0 aliphatic carbocycles. The smallest absolute Gasteiger partial charge is 0.0967 e. The zero-order chi connectivity index (χ0) is 12.8. The maximum Gasteiger partial charge on any atom is 0.0967 e. The second kappa shape index (κ2) is 6.63. The Bertz CT molecular complexity index is 401. The SMILES string of the molecule is COCC1=CCN(Cc2cn(CCN)nn2)CC1. The molecule has 18 heavy (non-hydrogen) atoms. The molecule has 0 saturated carbocycles. The van der Waals surface area contributed by atoms with E-state index >= 15 is 0 Å². The average Bonchev–Trinajstić information content (AvgIpc) is 2.80. The number of nitrogens with zero attached hydrogens (tertiary/aromatic N) is 4. The lowest BCUT2D eigenvalue weighted by molar-refractivity contribution is 0.210. The Hall–Kier alpha value is -1.24. The first-order valence-electron chi connectivity index (χ1n) is 6.30. The Morgan fingerprint density at radius 2 is 2.39 bits per heavy atom. The average molecular weight is 251 g/mol. The number of methoxy groups -OCH3 is 1. The summed E-state index contributed by atoms with van der Waals surface area (Å²) in [7, 11) is 1.74. The van der Waals surface area contributed by atoms with Crippen LogP contribution in [0.1, 0.15) is 12.1 Å². The van der Waals surface area contributed by atoms with Crippen LogP contribution in [0.2, 0.25) is 0 Å². The van der Waals surface area contributed by atoms with Gasteiger partial charge in [0.25, 0.3) is 0 Å². The molecule has 100 valence electrons. The van der Waals surface area contributed by atoms with Gasteiger partial charge in [-0.3, -0.25) is 9.58 Å². The zero-order valence-corrected chi connectivity index (χ0v) is 10.9. The zero-order valence-electron chi connectivity index (χ0n) is 10.9. The molecular formula is C12H21N5O. The molecule has 1 aromatic rings. The molecule has 0 fully saturated rings. The van der Waals surface area contributed by atoms with Crippen LogP contribution in [-0.2, 0) is 17.8 Å². The third-order valence-electron chi connectivity index (χ3n) is 3.05. The lowest BCUT2D eigenvalue weighted by Gasteiger charge is -2.25. The Kier molecular flexibility index (Phi) is 4.86. The third-order valence-corrected chi connectivity index (χ3v) is 3.05. The van der Waals surface area contributed by atoms with Gasteiger partial charge >= 0.3 is 0 Å². The molecule has 0 spiro atoms. The van der Waals surface area contributed by atoms with Crippen LogP contribution in [0.15, 0.2) is 17.8 Å². The summed E-state index contributed by atoms with van der Waals surface area (Å²) in [5, 5.41) is 8.20. The quantitative estimate of drug-likeness (QED) is 0.722. The molecule has 0 radical (unpaired) electrons. The van der Waals surface area contributed by atoms with E-state index in [0.717, 1.165) is 44.9 Å². The van der Waals surface area contributed by atoms with Gasteiger partial charge in [0.1, 0.15) is 0 Å². The van der Waals surface area contributed by atoms with E-state index in [1.54, 1.807) is 11.8 Å². The van der Waals surface area contributed by atoms with E-state index in [4.69, 9.17) is 10.5 Å². The first-order chi connectivity index (χ1) is 8.81. The fourth-order valence-corrected chi connectivity index (χ4v) is 2.09. The van der Waals surface area contributed by atoms with Gasteiger partial charge in [0.2, 0.25) is 0 Å². The van der Waals surface area contributed by atoms with Gasteiger partial charge in [0, 0.05) is 39.5 Å². The highest BCUT2D eigenvalue weighted by molar-refractivity contribution is 5.08. The first kappa shape index (κ1) is 13.2. The lowest BCUT2D eigenvalue weighted by Crippen LogP contribution is -2.29. The number of nitrogens with two attached hydrogens (primary N) is 1. The third kappa shape index (κ3) is 3.63. The number of hydrogen-bond donors (Lipinski definition) is 1. The van der Waals surface area contributed by atoms with Crippen molar-refractivity contribution < 1.29 is 4.74 Å². The van der Waals surface area contributed by atoms with Gasteiger partial charge in [-0.15, -0.1) is 5.10 Å². The van der Waals surface area contributed by atoms with Gasteiger partial charge in [-0.25, -0.2) is 0 Å². The molecule has 2 heterocycles. The van der Waals surface area contributed by atoms with E-state index in [0.29, 0.717) is 6.54 Å². The normalized spacial score (nSPS) is 16.9. The van der Waals surface area contributed by atoms with Crippen molar-refractivity contribution in [3.63, 3.8) is 0 Å². The van der Waals surface area contributed by atoms with Crippen molar-refractivity contribution >= 4 is 0 Å². The summed E-state index contributed by atoms with van der Waals surface area (Å²) < 4.78 is 6.94. The summed E-state index contributed by atoms with van der Waals surface area (Å²) in [6, 6.07) is 0. The highest BCUT2D eigenvalue weighted by Gasteiger charge is 2.13. The van der Waals surface area contributed by atoms with Crippen molar-refractivity contribution in [2.75, 3.05) is 33.4 Å². The van der Waals surface area contributed by atoms with E-state index in [1.165, 1.54) is 5.57 Å². The molecule has 1 aliphatic heterocycles. The van der Waals surface area contributed by atoms with Gasteiger partial charge in [-0.2, -0.15) is 0 Å². The largest absolute Gasteiger partial charge is 0.380 e. The Morgan fingerprint density at radius 3 is 3.06 bits per heavy atom. The number of aromatic nitrogens is 3. The van der Waals surface area contributed by atoms with Crippen LogP contribution < -0.4 is 5.73 Å². The molecule has 0 saturated heterocycles. The molecule has 0 unspecified atom stereocenters. The van der Waals surface area contributed by atoms with Crippen LogP contribution in [-0.4, -0.2) is 53.2 Å². The van der Waals surface area contributed by atoms with E-state index in [-0.39, 0.29) is 0 Å². The van der Waals surface area contributed by atoms with Crippen molar-refractivity contribution in [1.29, 1.82) is 0 Å². The molecule has 6 nitrogen and oxygen atoms in total. The topological polar surface area (TPSA) is 69.2 Å². The Labute approximate surface area is 107 Å². The van der Waals surface area contributed by atoms with Crippen LogP contribution in [0.5, 0.6) is 0 Å². The van der Waals surface area contributed by atoms with E-state index in [1.807, 2.05) is 6.20 Å². The number of ether oxygens (including phenoxy) is 1. The van der Waals surface area contributed by atoms with Crippen LogP contribution in [0, 0.1) is 0 Å². The van der Waals surface area contributed by atoms with Gasteiger partial charge < -0.3 is 10.5 Å². The second-order valence-corrected chi connectivity index (χ2v) is 4.54. The Balaban J connectivity index is 1.83. The summed E-state index contributed by atoms with van der Waals surface area (Å²) in [6.07, 6.45) is 5.29. The van der Waals surface area contributed by atoms with E-state index < -0.39 is 0 Å². The summed E-state index contributed by atoms with van der Waals surface area (Å²) in [6.45, 7) is 4.93. The van der Waals surface area contributed by atoms with Gasteiger partial charge in [0.05, 0.1) is 18.8 Å². The predicted molar refractivity (Wildman–Crippen MR) is 68.9 cm³/mol. The molecule has 0 atom stereocenters. The van der Waals surface area contributed by atoms with Crippen molar-refractivity contribution in [1.82, 2.24) is 19.9 Å². The van der Waals surface area contributed by atoms with Crippen molar-refractivity contribution in [3.05, 3.63) is 23.5 Å². The van der Waals surface area contributed by atoms with Crippen molar-refractivity contribution in [3.8, 4) is 0 Å². The van der Waals surface area contributed by atoms with Crippen molar-refractivity contribution in [2.24, 2.45) is 5.73 Å². The van der Waals surface area contributed by atoms with Crippen LogP contribution in [0.4, 0.5) is 0 Å². The van der Waals surface area contributed by atoms with Gasteiger partial charge in [-0.05, 0) is 12.0 Å². The van der Waals surface area contributed by atoms with Crippen LogP contribution >= 0.6 is 0 Å². The summed E-state index contributed by atoms with van der Waals surface area (Å²) in [5.41, 5.74) is 7.88. The predicted octanol–water partition coefficient (Wildman–Crippen LogP) is 0.0153. The summed E-state index contributed by atoms with van der Waals surface area (Å²) in [4.78, 5) is 2.36. The molecule has 0 amide bonds. The van der Waals surface area contributed by atoms with Gasteiger partial charge in [-0.1, -0.05) is 11.3 Å².